The van der Waals surface area contributed by atoms with Crippen molar-refractivity contribution in [1.29, 1.82) is 0 Å². The fourth-order valence-corrected chi connectivity index (χ4v) is 7.89. The summed E-state index contributed by atoms with van der Waals surface area (Å²) in [6.45, 7) is 13.6. The molecule has 1 rings (SSSR count). The summed E-state index contributed by atoms with van der Waals surface area (Å²) in [4.78, 5) is 26.2. The van der Waals surface area contributed by atoms with E-state index in [1.807, 2.05) is 0 Å². The van der Waals surface area contributed by atoms with E-state index in [1.54, 1.807) is 55.4 Å². The van der Waals surface area contributed by atoms with Crippen LogP contribution in [0.2, 0.25) is 0 Å². The van der Waals surface area contributed by atoms with Gasteiger partial charge in [0.25, 0.3) is 0 Å². The molecule has 0 aromatic rings. The van der Waals surface area contributed by atoms with Gasteiger partial charge in [-0.1, -0.05) is 20.8 Å². The van der Waals surface area contributed by atoms with E-state index < -0.39 is 55.1 Å². The lowest BCUT2D eigenvalue weighted by molar-refractivity contribution is -0.141. The number of likely N-dealkylation sites (tertiary alicyclic amines) is 1. The molecule has 1 fully saturated rings. The van der Waals surface area contributed by atoms with Gasteiger partial charge < -0.3 is 19.2 Å². The third-order valence-electron chi connectivity index (χ3n) is 5.30. The van der Waals surface area contributed by atoms with Crippen molar-refractivity contribution < 1.29 is 32.3 Å². The van der Waals surface area contributed by atoms with Crippen molar-refractivity contribution in [2.75, 3.05) is 13.1 Å². The quantitative estimate of drug-likeness (QED) is 0.634. The van der Waals surface area contributed by atoms with Crippen molar-refractivity contribution >= 4 is 32.4 Å². The SMILES string of the molecule is CC(C)(C)OC(=O)N1CCCC(C(=O)O)(S(=O)(=O)C(C(C)(C)C)C(C)(C)O[SiH3])C1. The zero-order valence-electron chi connectivity index (χ0n) is 19.2. The number of hydrogen-bond acceptors (Lipinski definition) is 6. The molecule has 2 atom stereocenters. The Morgan fingerprint density at radius 1 is 1.10 bits per heavy atom. The summed E-state index contributed by atoms with van der Waals surface area (Å²) in [5.74, 6) is -1.44. The normalized spacial score (nSPS) is 23.0. The van der Waals surface area contributed by atoms with Gasteiger partial charge in [-0.15, -0.1) is 0 Å². The zero-order valence-corrected chi connectivity index (χ0v) is 22.0. The first kappa shape index (κ1) is 25.9. The van der Waals surface area contributed by atoms with Gasteiger partial charge in [0.15, 0.2) is 14.6 Å². The van der Waals surface area contributed by atoms with Crippen LogP contribution in [0.15, 0.2) is 0 Å². The minimum absolute atomic E-state index is 0.0617. The summed E-state index contributed by atoms with van der Waals surface area (Å²) in [6, 6.07) is 0. The van der Waals surface area contributed by atoms with Crippen LogP contribution in [0.4, 0.5) is 4.79 Å². The Morgan fingerprint density at radius 3 is 2.00 bits per heavy atom. The summed E-state index contributed by atoms with van der Waals surface area (Å²) in [7, 11) is -3.97. The number of carbonyl (C=O) groups is 2. The first-order chi connectivity index (χ1) is 12.8. The largest absolute Gasteiger partial charge is 0.480 e. The van der Waals surface area contributed by atoms with Crippen LogP contribution in [-0.4, -0.2) is 75.3 Å². The van der Waals surface area contributed by atoms with Gasteiger partial charge in [0.2, 0.25) is 0 Å². The van der Waals surface area contributed by atoms with Gasteiger partial charge in [0.05, 0.1) is 17.4 Å². The minimum Gasteiger partial charge on any atom is -0.480 e. The summed E-state index contributed by atoms with van der Waals surface area (Å²) < 4.78 is 36.7. The number of piperidine rings is 1. The lowest BCUT2D eigenvalue weighted by atomic mass is 9.83. The molecule has 10 heteroatoms. The Labute approximate surface area is 177 Å². The average molecular weight is 452 g/mol. The van der Waals surface area contributed by atoms with Crippen LogP contribution >= 0.6 is 0 Å². The first-order valence-electron chi connectivity index (χ1n) is 9.82. The number of carboxylic acids is 1. The van der Waals surface area contributed by atoms with Gasteiger partial charge in [-0.25, -0.2) is 13.2 Å². The van der Waals surface area contributed by atoms with Gasteiger partial charge in [-0.2, -0.15) is 0 Å². The predicted molar refractivity (Wildman–Crippen MR) is 115 cm³/mol. The maximum absolute atomic E-state index is 13.9. The van der Waals surface area contributed by atoms with Gasteiger partial charge >= 0.3 is 12.1 Å². The predicted octanol–water partition coefficient (Wildman–Crippen LogP) is 1.75. The number of aliphatic carboxylic acids is 1. The number of rotatable bonds is 5. The van der Waals surface area contributed by atoms with Crippen LogP contribution in [0.1, 0.15) is 68.2 Å². The third kappa shape index (κ3) is 5.32. The van der Waals surface area contributed by atoms with E-state index in [2.05, 4.69) is 0 Å². The number of amides is 1. The van der Waals surface area contributed by atoms with Crippen LogP contribution in [0.3, 0.4) is 0 Å². The second kappa shape index (κ2) is 8.18. The van der Waals surface area contributed by atoms with Crippen LogP contribution in [0, 0.1) is 5.41 Å². The smallest absolute Gasteiger partial charge is 0.410 e. The molecule has 1 amide bonds. The van der Waals surface area contributed by atoms with E-state index in [0.29, 0.717) is 10.5 Å². The summed E-state index contributed by atoms with van der Waals surface area (Å²) in [5, 5.41) is 9.05. The molecule has 0 saturated carbocycles. The number of carboxylic acid groups (broad SMARTS) is 1. The topological polar surface area (TPSA) is 110 Å². The van der Waals surface area contributed by atoms with Gasteiger partial charge in [-0.05, 0) is 52.9 Å². The Kier molecular flexibility index (Phi) is 7.31. The molecule has 1 aliphatic rings. The Bertz CT molecular complexity index is 737. The van der Waals surface area contributed by atoms with E-state index in [4.69, 9.17) is 9.16 Å². The molecule has 0 bridgehead atoms. The van der Waals surface area contributed by atoms with Gasteiger partial charge in [0.1, 0.15) is 16.1 Å². The number of sulfone groups is 1. The van der Waals surface area contributed by atoms with E-state index >= 15 is 0 Å². The van der Waals surface area contributed by atoms with E-state index in [9.17, 15) is 23.1 Å². The monoisotopic (exact) mass is 451 g/mol. The molecule has 1 heterocycles. The van der Waals surface area contributed by atoms with E-state index in [0.717, 1.165) is 0 Å². The third-order valence-corrected chi connectivity index (χ3v) is 9.84. The van der Waals surface area contributed by atoms with Crippen molar-refractivity contribution in [2.24, 2.45) is 5.41 Å². The molecule has 0 radical (unpaired) electrons. The lowest BCUT2D eigenvalue weighted by Gasteiger charge is -2.48. The molecule has 1 N–H and O–H groups in total. The Morgan fingerprint density at radius 2 is 1.62 bits per heavy atom. The first-order valence-corrected chi connectivity index (χ1v) is 12.2. The summed E-state index contributed by atoms with van der Waals surface area (Å²) in [5.41, 5.74) is -2.61. The number of nitrogens with zero attached hydrogens (tertiary/aromatic N) is 1. The highest BCUT2D eigenvalue weighted by Crippen LogP contribution is 2.43. The number of hydrogen-bond donors (Lipinski definition) is 1. The second-order valence-corrected chi connectivity index (χ2v) is 13.2. The molecule has 8 nitrogen and oxygen atoms in total. The van der Waals surface area contributed by atoms with E-state index in [1.165, 1.54) is 4.90 Å². The van der Waals surface area contributed by atoms with Gasteiger partial charge in [-0.3, -0.25) is 4.79 Å². The van der Waals surface area contributed by atoms with E-state index in [-0.39, 0.29) is 19.4 Å². The summed E-state index contributed by atoms with van der Waals surface area (Å²) in [6.07, 6.45) is -0.513. The van der Waals surface area contributed by atoms with Crippen molar-refractivity contribution in [3.05, 3.63) is 0 Å². The highest BCUT2D eigenvalue weighted by atomic mass is 32.2. The molecule has 0 spiro atoms. The molecule has 0 aliphatic carbocycles. The molecule has 2 unspecified atom stereocenters. The minimum atomic E-state index is -4.27. The summed E-state index contributed by atoms with van der Waals surface area (Å²) >= 11 is 0. The maximum atomic E-state index is 13.9. The number of carbonyl (C=O) groups excluding carboxylic acids is 1. The standard InChI is InChI=1S/C19H37NO7SSi/c1-16(2,3)13(18(7,8)27-29)28(24,25)19(14(21)22)10-9-11-20(12-19)15(23)26-17(4,5)6/h13H,9-12H2,1-8,29H3,(H,21,22). The van der Waals surface area contributed by atoms with Crippen molar-refractivity contribution in [3.8, 4) is 0 Å². The van der Waals surface area contributed by atoms with Crippen molar-refractivity contribution in [3.63, 3.8) is 0 Å². The van der Waals surface area contributed by atoms with Crippen molar-refractivity contribution in [1.82, 2.24) is 4.90 Å². The Hall–Kier alpha value is -1.13. The fourth-order valence-electron chi connectivity index (χ4n) is 4.25. The lowest BCUT2D eigenvalue weighted by Crippen LogP contribution is -2.66. The average Bonchev–Trinajstić information content (AvgIpc) is 2.50. The molecule has 170 valence electrons. The fraction of sp³-hybridized carbons (Fsp3) is 0.895. The molecule has 1 saturated heterocycles. The highest BCUT2D eigenvalue weighted by Gasteiger charge is 2.62. The second-order valence-electron chi connectivity index (χ2n) is 10.4. The van der Waals surface area contributed by atoms with Gasteiger partial charge in [0, 0.05) is 6.54 Å². The highest BCUT2D eigenvalue weighted by molar-refractivity contribution is 7.94. The van der Waals surface area contributed by atoms with Crippen LogP contribution in [-0.2, 0) is 23.8 Å². The van der Waals surface area contributed by atoms with Crippen LogP contribution in [0.5, 0.6) is 0 Å². The molecular formula is C19H37NO7SSi. The molecular weight excluding hydrogens is 414 g/mol. The Balaban J connectivity index is 3.52. The van der Waals surface area contributed by atoms with Crippen LogP contribution < -0.4 is 0 Å². The molecule has 0 aromatic carbocycles. The van der Waals surface area contributed by atoms with Crippen molar-refractivity contribution in [2.45, 2.75) is 89.4 Å². The number of ether oxygens (including phenoxy) is 1. The molecule has 0 aromatic heterocycles. The molecule has 29 heavy (non-hydrogen) atoms. The van der Waals surface area contributed by atoms with Crippen LogP contribution in [0.25, 0.3) is 0 Å². The molecule has 1 aliphatic heterocycles. The zero-order chi connectivity index (χ0) is 23.1. The maximum Gasteiger partial charge on any atom is 0.410 e.